The molecule has 0 unspecified atom stereocenters. The molecule has 8 nitrogen and oxygen atoms in total. The maximum Gasteiger partial charge on any atom is 0.416 e. The lowest BCUT2D eigenvalue weighted by molar-refractivity contribution is -0.143. The number of pyridine rings is 1. The molecule has 0 saturated carbocycles. The van der Waals surface area contributed by atoms with Gasteiger partial charge in [-0.05, 0) is 89.6 Å². The Balaban J connectivity index is 1.58. The Kier molecular flexibility index (Phi) is 9.91. The molecule has 3 heterocycles. The number of carbonyl (C=O) groups is 2. The minimum Gasteiger partial charge on any atom is -0.496 e. The molecule has 48 heavy (non-hydrogen) atoms. The Morgan fingerprint density at radius 1 is 1.04 bits per heavy atom. The van der Waals surface area contributed by atoms with Crippen molar-refractivity contribution in [2.24, 2.45) is 0 Å². The second-order valence-corrected chi connectivity index (χ2v) is 12.5. The molecule has 2 fully saturated rings. The van der Waals surface area contributed by atoms with E-state index in [-0.39, 0.29) is 25.0 Å². The summed E-state index contributed by atoms with van der Waals surface area (Å²) in [6, 6.07) is 5.62. The molecular formula is C33H32BrF6N3O5. The number of esters is 1. The number of halogens is 7. The van der Waals surface area contributed by atoms with Crippen molar-refractivity contribution in [3.63, 3.8) is 0 Å². The van der Waals surface area contributed by atoms with Gasteiger partial charge in [0.15, 0.2) is 0 Å². The van der Waals surface area contributed by atoms with Gasteiger partial charge in [-0.25, -0.2) is 9.78 Å². The molecule has 2 aliphatic rings. The minimum absolute atomic E-state index is 0.0352. The van der Waals surface area contributed by atoms with Crippen LogP contribution in [0.4, 0.5) is 37.0 Å². The third-order valence-electron chi connectivity index (χ3n) is 8.61. The Labute approximate surface area is 281 Å². The summed E-state index contributed by atoms with van der Waals surface area (Å²) in [5.74, 6) is 0.722. The summed E-state index contributed by atoms with van der Waals surface area (Å²) >= 11 is 3.69. The predicted octanol–water partition coefficient (Wildman–Crippen LogP) is 8.26. The largest absolute Gasteiger partial charge is 0.496 e. The van der Waals surface area contributed by atoms with E-state index < -0.39 is 47.3 Å². The van der Waals surface area contributed by atoms with Crippen LogP contribution in [0.1, 0.15) is 59.4 Å². The highest BCUT2D eigenvalue weighted by Crippen LogP contribution is 2.45. The van der Waals surface area contributed by atoms with Crippen molar-refractivity contribution in [3.8, 4) is 16.9 Å². The number of alkyl halides is 6. The van der Waals surface area contributed by atoms with Gasteiger partial charge in [0.25, 0.3) is 0 Å². The van der Waals surface area contributed by atoms with Crippen LogP contribution in [0.2, 0.25) is 0 Å². The summed E-state index contributed by atoms with van der Waals surface area (Å²) in [5.41, 5.74) is -0.254. The predicted molar refractivity (Wildman–Crippen MR) is 167 cm³/mol. The molecule has 3 aromatic rings. The fraction of sp³-hybridized carbons (Fsp3) is 0.424. The first-order valence-corrected chi connectivity index (χ1v) is 15.8. The summed E-state index contributed by atoms with van der Waals surface area (Å²) in [6.07, 6.45) is -11.0. The number of hydrogen-bond donors (Lipinski definition) is 0. The van der Waals surface area contributed by atoms with Crippen LogP contribution in [-0.2, 0) is 39.6 Å². The molecule has 0 N–H and O–H groups in total. The number of hydrogen-bond acceptors (Lipinski definition) is 7. The van der Waals surface area contributed by atoms with Crippen LogP contribution < -0.4 is 9.64 Å². The molecule has 0 aliphatic carbocycles. The molecule has 1 aromatic heterocycles. The average Bonchev–Trinajstić information content (AvgIpc) is 3.28. The quantitative estimate of drug-likeness (QED) is 0.161. The van der Waals surface area contributed by atoms with Crippen LogP contribution in [-0.4, -0.2) is 55.3 Å². The van der Waals surface area contributed by atoms with Crippen molar-refractivity contribution < 1.29 is 50.1 Å². The van der Waals surface area contributed by atoms with Gasteiger partial charge in [-0.15, -0.1) is 0 Å². The lowest BCUT2D eigenvalue weighted by atomic mass is 9.94. The van der Waals surface area contributed by atoms with E-state index >= 15 is 0 Å². The topological polar surface area (TPSA) is 81.2 Å². The maximum atomic E-state index is 13.6. The second-order valence-electron chi connectivity index (χ2n) is 11.7. The summed E-state index contributed by atoms with van der Waals surface area (Å²) < 4.78 is 98.4. The number of aromatic nitrogens is 1. The second kappa shape index (κ2) is 13.5. The standard InChI is InChI=1S/C33H32BrF6N3O5/c1-17-27(23-12-19(6-8-25(23)46-3)7-9-26(44)47-4)24(41-30(28(17)34)42-10-5-11-42)16-43-18(2)29(48-31(43)45)20-13-21(32(35,36)37)15-22(14-20)33(38,39)40/h6,8,12-15,18,29H,5,7,9-11,16H2,1-4H3/t18-,29-/m0/s1. The van der Waals surface area contributed by atoms with E-state index in [0.29, 0.717) is 51.4 Å². The summed E-state index contributed by atoms with van der Waals surface area (Å²) in [4.78, 5) is 33.4. The Morgan fingerprint density at radius 2 is 1.69 bits per heavy atom. The number of anilines is 1. The number of carbonyl (C=O) groups excluding carboxylic acids is 2. The lowest BCUT2D eigenvalue weighted by Gasteiger charge is -2.34. The van der Waals surface area contributed by atoms with Crippen molar-refractivity contribution in [1.29, 1.82) is 0 Å². The Hall–Kier alpha value is -4.01. The van der Waals surface area contributed by atoms with Crippen LogP contribution >= 0.6 is 15.9 Å². The average molecular weight is 745 g/mol. The molecule has 2 aromatic carbocycles. The molecule has 0 bridgehead atoms. The number of rotatable bonds is 9. The first kappa shape index (κ1) is 35.3. The lowest BCUT2D eigenvalue weighted by Crippen LogP contribution is -2.38. The molecule has 2 aliphatic heterocycles. The molecule has 15 heteroatoms. The zero-order valence-corrected chi connectivity index (χ0v) is 28.0. The number of cyclic esters (lactones) is 1. The number of nitrogens with zero attached hydrogens (tertiary/aromatic N) is 3. The van der Waals surface area contributed by atoms with E-state index in [1.807, 2.05) is 24.0 Å². The van der Waals surface area contributed by atoms with Crippen LogP contribution in [0.5, 0.6) is 5.75 Å². The number of methoxy groups -OCH3 is 2. The number of benzene rings is 2. The summed E-state index contributed by atoms with van der Waals surface area (Å²) in [7, 11) is 2.80. The van der Waals surface area contributed by atoms with Gasteiger partial charge >= 0.3 is 24.4 Å². The van der Waals surface area contributed by atoms with Crippen molar-refractivity contribution >= 4 is 33.8 Å². The monoisotopic (exact) mass is 743 g/mol. The molecule has 5 rings (SSSR count). The van der Waals surface area contributed by atoms with Gasteiger partial charge in [0.05, 0.1) is 48.1 Å². The fourth-order valence-electron chi connectivity index (χ4n) is 5.85. The highest BCUT2D eigenvalue weighted by Gasteiger charge is 2.44. The van der Waals surface area contributed by atoms with E-state index in [2.05, 4.69) is 15.9 Å². The Morgan fingerprint density at radius 3 is 2.23 bits per heavy atom. The zero-order valence-electron chi connectivity index (χ0n) is 26.4. The summed E-state index contributed by atoms with van der Waals surface area (Å²) in [6.45, 7) is 4.68. The number of aryl methyl sites for hydroxylation is 1. The van der Waals surface area contributed by atoms with Crippen molar-refractivity contribution in [1.82, 2.24) is 9.88 Å². The van der Waals surface area contributed by atoms with Crippen LogP contribution in [0, 0.1) is 6.92 Å². The number of ether oxygens (including phenoxy) is 3. The van der Waals surface area contributed by atoms with E-state index in [1.54, 1.807) is 6.07 Å². The highest BCUT2D eigenvalue weighted by molar-refractivity contribution is 9.10. The van der Waals surface area contributed by atoms with Crippen LogP contribution in [0.3, 0.4) is 0 Å². The molecule has 2 atom stereocenters. The zero-order chi connectivity index (χ0) is 35.1. The van der Waals surface area contributed by atoms with Gasteiger partial charge in [0.1, 0.15) is 17.7 Å². The molecule has 258 valence electrons. The highest BCUT2D eigenvalue weighted by atomic mass is 79.9. The molecule has 1 amide bonds. The molecule has 2 saturated heterocycles. The van der Waals surface area contributed by atoms with Gasteiger partial charge in [0, 0.05) is 30.6 Å². The Bertz CT molecular complexity index is 1690. The van der Waals surface area contributed by atoms with Crippen LogP contribution in [0.15, 0.2) is 40.9 Å². The summed E-state index contributed by atoms with van der Waals surface area (Å²) in [5, 5.41) is 0. The van der Waals surface area contributed by atoms with Gasteiger partial charge in [-0.2, -0.15) is 26.3 Å². The third kappa shape index (κ3) is 7.06. The van der Waals surface area contributed by atoms with Crippen molar-refractivity contribution in [2.75, 3.05) is 32.2 Å². The van der Waals surface area contributed by atoms with Gasteiger partial charge in [-0.1, -0.05) is 6.07 Å². The normalized spacial score (nSPS) is 18.1. The van der Waals surface area contributed by atoms with E-state index in [1.165, 1.54) is 26.0 Å². The van der Waals surface area contributed by atoms with E-state index in [4.69, 9.17) is 19.2 Å². The third-order valence-corrected chi connectivity index (χ3v) is 9.56. The van der Waals surface area contributed by atoms with Gasteiger partial charge < -0.3 is 19.1 Å². The molecular weight excluding hydrogens is 712 g/mol. The molecule has 0 spiro atoms. The number of amides is 1. The van der Waals surface area contributed by atoms with Gasteiger partial charge in [0.2, 0.25) is 0 Å². The molecule has 0 radical (unpaired) electrons. The smallest absolute Gasteiger partial charge is 0.416 e. The SMILES string of the molecule is COC(=O)CCc1ccc(OC)c(-c2c(CN3C(=O)O[C@H](c4cc(C(F)(F)F)cc(C(F)(F)F)c4)[C@@H]3C)nc(N3CCC3)c(Br)c2C)c1. The maximum absolute atomic E-state index is 13.6. The van der Waals surface area contributed by atoms with E-state index in [0.717, 1.165) is 30.6 Å². The van der Waals surface area contributed by atoms with Crippen LogP contribution in [0.25, 0.3) is 11.1 Å². The van der Waals surface area contributed by atoms with E-state index in [9.17, 15) is 35.9 Å². The van der Waals surface area contributed by atoms with Crippen molar-refractivity contribution in [3.05, 3.63) is 74.4 Å². The minimum atomic E-state index is -5.06. The van der Waals surface area contributed by atoms with Gasteiger partial charge in [-0.3, -0.25) is 9.69 Å². The fourth-order valence-corrected chi connectivity index (χ4v) is 6.39. The first-order valence-electron chi connectivity index (χ1n) is 15.0. The first-order chi connectivity index (χ1) is 22.5. The van der Waals surface area contributed by atoms with Crippen molar-refractivity contribution in [2.45, 2.75) is 64.2 Å².